The fraction of sp³-hybridized carbons (Fsp3) is 0.241. The molecule has 0 spiro atoms. The molecule has 0 fully saturated rings. The smallest absolute Gasteiger partial charge is 0.262 e. The van der Waals surface area contributed by atoms with Gasteiger partial charge < -0.3 is 0 Å². The van der Waals surface area contributed by atoms with Crippen LogP contribution in [0.4, 0.5) is 0 Å². The molecule has 0 amide bonds. The van der Waals surface area contributed by atoms with Gasteiger partial charge in [0.05, 0.1) is 26.1 Å². The predicted molar refractivity (Wildman–Crippen MR) is 147 cm³/mol. The maximum atomic E-state index is 13.8. The predicted octanol–water partition coefficient (Wildman–Crippen LogP) is 7.82. The van der Waals surface area contributed by atoms with Crippen LogP contribution in [0.15, 0.2) is 65.8 Å². The molecule has 2 bridgehead atoms. The topological polar surface area (TPSA) is 44.0 Å². The number of thiophene rings is 2. The van der Waals surface area contributed by atoms with Crippen molar-refractivity contribution in [1.29, 1.82) is 0 Å². The first-order chi connectivity index (χ1) is 16.7. The largest absolute Gasteiger partial charge is 0.278 e. The van der Waals surface area contributed by atoms with Gasteiger partial charge in [-0.05, 0) is 70.0 Å². The Morgan fingerprint density at radius 2 is 1.54 bits per heavy atom. The van der Waals surface area contributed by atoms with Crippen molar-refractivity contribution in [3.8, 4) is 0 Å². The van der Waals surface area contributed by atoms with Crippen LogP contribution in [0, 0.1) is 13.8 Å². The van der Waals surface area contributed by atoms with Gasteiger partial charge in [-0.1, -0.05) is 31.2 Å². The highest BCUT2D eigenvalue weighted by atomic mass is 32.1. The fourth-order valence-corrected chi connectivity index (χ4v) is 7.22. The SMILES string of the molecule is C/C=C1\C=C/C2=C[C@@](C)(C/C=C(\C)C(=O)n3c1cc1sc(C)cc13)c1cc3sc(C)cc3n1C2=O. The van der Waals surface area contributed by atoms with E-state index in [2.05, 4.69) is 51.1 Å². The van der Waals surface area contributed by atoms with Gasteiger partial charge in [0.25, 0.3) is 11.8 Å². The summed E-state index contributed by atoms with van der Waals surface area (Å²) in [6.45, 7) is 10.2. The van der Waals surface area contributed by atoms with Crippen LogP contribution >= 0.6 is 22.7 Å². The highest BCUT2D eigenvalue weighted by molar-refractivity contribution is 7.19. The molecule has 0 radical (unpaired) electrons. The number of carbonyl (C=O) groups is 2. The molecule has 0 N–H and O–H groups in total. The Hall–Kier alpha value is -3.22. The van der Waals surface area contributed by atoms with E-state index in [1.165, 1.54) is 9.75 Å². The van der Waals surface area contributed by atoms with Gasteiger partial charge in [-0.2, -0.15) is 0 Å². The third-order valence-electron chi connectivity index (χ3n) is 7.16. The van der Waals surface area contributed by atoms with E-state index in [1.807, 2.05) is 47.3 Å². The van der Waals surface area contributed by atoms with Crippen LogP contribution < -0.4 is 0 Å². The third kappa shape index (κ3) is 3.23. The quantitative estimate of drug-likeness (QED) is 0.248. The van der Waals surface area contributed by atoms with Crippen molar-refractivity contribution in [3.05, 3.63) is 86.9 Å². The first-order valence-electron chi connectivity index (χ1n) is 11.8. The Balaban J connectivity index is 1.60. The second kappa shape index (κ2) is 7.64. The maximum absolute atomic E-state index is 13.8. The minimum Gasteiger partial charge on any atom is -0.278 e. The summed E-state index contributed by atoms with van der Waals surface area (Å²) in [6.07, 6.45) is 10.7. The number of aryl methyl sites for hydroxylation is 2. The number of carbonyl (C=O) groups excluding carboxylic acids is 2. The molecular formula is C29H26N2O2S2. The van der Waals surface area contributed by atoms with Gasteiger partial charge in [0.1, 0.15) is 0 Å². The first-order valence-corrected chi connectivity index (χ1v) is 13.4. The molecule has 4 aromatic rings. The van der Waals surface area contributed by atoms with Crippen LogP contribution in [-0.2, 0) is 5.41 Å². The Labute approximate surface area is 212 Å². The van der Waals surface area contributed by atoms with E-state index in [4.69, 9.17) is 0 Å². The van der Waals surface area contributed by atoms with E-state index >= 15 is 0 Å². The van der Waals surface area contributed by atoms with Crippen molar-refractivity contribution in [1.82, 2.24) is 9.13 Å². The fourth-order valence-electron chi connectivity index (χ4n) is 5.33. The maximum Gasteiger partial charge on any atom is 0.262 e. The Kier molecular flexibility index (Phi) is 4.86. The average Bonchev–Trinajstić information content (AvgIpc) is 3.53. The molecule has 176 valence electrons. The molecule has 0 aromatic carbocycles. The van der Waals surface area contributed by atoms with Gasteiger partial charge >= 0.3 is 0 Å². The van der Waals surface area contributed by atoms with E-state index < -0.39 is 5.41 Å². The van der Waals surface area contributed by atoms with Crippen LogP contribution in [0.2, 0.25) is 0 Å². The van der Waals surface area contributed by atoms with Crippen LogP contribution in [0.1, 0.15) is 57.9 Å². The molecule has 35 heavy (non-hydrogen) atoms. The average molecular weight is 499 g/mol. The van der Waals surface area contributed by atoms with E-state index in [9.17, 15) is 9.59 Å². The molecule has 0 aliphatic carbocycles. The van der Waals surface area contributed by atoms with Crippen molar-refractivity contribution in [2.24, 2.45) is 0 Å². The van der Waals surface area contributed by atoms with Gasteiger partial charge in [-0.25, -0.2) is 0 Å². The van der Waals surface area contributed by atoms with Gasteiger partial charge in [0.15, 0.2) is 0 Å². The summed E-state index contributed by atoms with van der Waals surface area (Å²) in [7, 11) is 0. The third-order valence-corrected chi connectivity index (χ3v) is 9.13. The molecular weight excluding hydrogens is 472 g/mol. The Morgan fingerprint density at radius 3 is 2.23 bits per heavy atom. The van der Waals surface area contributed by atoms with Gasteiger partial charge in [-0.15, -0.1) is 22.7 Å². The summed E-state index contributed by atoms with van der Waals surface area (Å²) in [6, 6.07) is 8.42. The van der Waals surface area contributed by atoms with Crippen LogP contribution in [-0.4, -0.2) is 20.9 Å². The Bertz CT molecular complexity index is 1710. The normalized spacial score (nSPS) is 24.1. The van der Waals surface area contributed by atoms with Crippen molar-refractivity contribution < 1.29 is 9.59 Å². The number of hydrogen-bond acceptors (Lipinski definition) is 4. The van der Waals surface area contributed by atoms with Crippen LogP contribution in [0.3, 0.4) is 0 Å². The number of allylic oxidation sites excluding steroid dienone is 8. The lowest BCUT2D eigenvalue weighted by molar-refractivity contribution is 0.0943. The van der Waals surface area contributed by atoms with Crippen molar-refractivity contribution >= 4 is 60.5 Å². The summed E-state index contributed by atoms with van der Waals surface area (Å²) in [5.41, 5.74) is 5.63. The summed E-state index contributed by atoms with van der Waals surface area (Å²) in [4.78, 5) is 29.9. The van der Waals surface area contributed by atoms with Gasteiger partial charge in [0.2, 0.25) is 0 Å². The molecule has 0 saturated heterocycles. The number of hydrogen-bond donors (Lipinski definition) is 0. The molecule has 6 heterocycles. The molecule has 0 saturated carbocycles. The highest BCUT2D eigenvalue weighted by Gasteiger charge is 2.36. The van der Waals surface area contributed by atoms with Crippen molar-refractivity contribution in [3.63, 3.8) is 0 Å². The summed E-state index contributed by atoms with van der Waals surface area (Å²) in [5.74, 6) is -0.00870. The number of rotatable bonds is 0. The zero-order valence-electron chi connectivity index (χ0n) is 20.4. The molecule has 2 aliphatic heterocycles. The number of aromatic nitrogens is 2. The number of fused-ring (bicyclic) bond motifs is 8. The van der Waals surface area contributed by atoms with Crippen molar-refractivity contribution in [2.75, 3.05) is 0 Å². The second-order valence-corrected chi connectivity index (χ2v) is 12.3. The minimum absolute atomic E-state index is 0.00203. The molecule has 4 aromatic heterocycles. The molecule has 4 nitrogen and oxygen atoms in total. The molecule has 6 rings (SSSR count). The van der Waals surface area contributed by atoms with Gasteiger partial charge in [-0.3, -0.25) is 18.7 Å². The number of nitrogens with zero attached hydrogens (tertiary/aromatic N) is 2. The molecule has 1 atom stereocenters. The monoisotopic (exact) mass is 498 g/mol. The summed E-state index contributed by atoms with van der Waals surface area (Å²) < 4.78 is 5.93. The van der Waals surface area contributed by atoms with E-state index in [1.54, 1.807) is 22.7 Å². The van der Waals surface area contributed by atoms with Crippen LogP contribution in [0.5, 0.6) is 0 Å². The molecule has 6 heteroatoms. The highest BCUT2D eigenvalue weighted by Crippen LogP contribution is 2.42. The van der Waals surface area contributed by atoms with E-state index in [0.29, 0.717) is 17.6 Å². The molecule has 2 aliphatic rings. The van der Waals surface area contributed by atoms with E-state index in [-0.39, 0.29) is 11.8 Å². The zero-order valence-corrected chi connectivity index (χ0v) is 22.1. The van der Waals surface area contributed by atoms with Crippen molar-refractivity contribution in [2.45, 2.75) is 46.5 Å². The second-order valence-electron chi connectivity index (χ2n) is 9.74. The first kappa shape index (κ1) is 22.3. The van der Waals surface area contributed by atoms with Gasteiger partial charge in [0, 0.05) is 32.0 Å². The van der Waals surface area contributed by atoms with Crippen LogP contribution in [0.25, 0.3) is 26.0 Å². The molecule has 0 unspecified atom stereocenters. The Morgan fingerprint density at radius 1 is 0.886 bits per heavy atom. The zero-order chi connectivity index (χ0) is 24.6. The van der Waals surface area contributed by atoms with E-state index in [0.717, 1.165) is 37.4 Å². The summed E-state index contributed by atoms with van der Waals surface area (Å²) >= 11 is 3.40. The summed E-state index contributed by atoms with van der Waals surface area (Å²) in [5, 5.41) is 0. The minimum atomic E-state index is -0.412. The lowest BCUT2D eigenvalue weighted by Crippen LogP contribution is -2.32. The lowest BCUT2D eigenvalue weighted by atomic mass is 9.78. The standard InChI is InChI=1S/C29H26N2O2S2/c1-6-19-7-8-20-15-29(5,26-14-25-23(12-18(4)35-25)31(26)28(20)33)10-9-16(2)27(32)30-21(19)13-24-22(30)11-17(3)34-24/h6-9,11-15H,10H2,1-5H3/b8-7-,16-9+,19-6+/t29-/m1/s1. The lowest BCUT2D eigenvalue weighted by Gasteiger charge is -2.32.